The van der Waals surface area contributed by atoms with Gasteiger partial charge in [-0.05, 0) is 31.0 Å². The fourth-order valence-corrected chi connectivity index (χ4v) is 6.72. The van der Waals surface area contributed by atoms with Crippen LogP contribution in [-0.4, -0.2) is 72.9 Å². The Morgan fingerprint density at radius 2 is 1.61 bits per heavy atom. The van der Waals surface area contributed by atoms with E-state index in [0.29, 0.717) is 11.5 Å². The van der Waals surface area contributed by atoms with Gasteiger partial charge in [0.25, 0.3) is 0 Å². The summed E-state index contributed by atoms with van der Waals surface area (Å²) in [4.78, 5) is 37.9. The predicted octanol–water partition coefficient (Wildman–Crippen LogP) is 3.07. The summed E-state index contributed by atoms with van der Waals surface area (Å²) in [6.45, 7) is 10.0. The molecule has 0 unspecified atom stereocenters. The van der Waals surface area contributed by atoms with Gasteiger partial charge in [0.1, 0.15) is 24.4 Å². The molecule has 0 aromatic heterocycles. The molecule has 0 amide bonds. The number of hydrogen-bond donors (Lipinski definition) is 1. The Balaban J connectivity index is 1.81. The SMILES string of the molecule is COc1ccc(C(=O)O[C@H]2C[C@@]3(C)O[C@H]3[C@@H](OC(C)=O)[C@@]3(C)[C@@H](OC(C)=O)C[C@@](O)(C(C)C)[C@H]23)cc1OC. The van der Waals surface area contributed by atoms with Gasteiger partial charge < -0.3 is 33.5 Å². The lowest BCUT2D eigenvalue weighted by Crippen LogP contribution is -2.56. The van der Waals surface area contributed by atoms with Gasteiger partial charge in [-0.15, -0.1) is 0 Å². The molecule has 210 valence electrons. The van der Waals surface area contributed by atoms with E-state index in [9.17, 15) is 19.5 Å². The van der Waals surface area contributed by atoms with Crippen LogP contribution in [0.25, 0.3) is 0 Å². The number of carbonyl (C=O) groups is 3. The van der Waals surface area contributed by atoms with Crippen molar-refractivity contribution in [2.45, 2.75) is 90.0 Å². The minimum Gasteiger partial charge on any atom is -0.493 e. The highest BCUT2D eigenvalue weighted by atomic mass is 16.7. The molecule has 8 atom stereocenters. The number of hydrogen-bond acceptors (Lipinski definition) is 10. The molecule has 1 aromatic carbocycles. The lowest BCUT2D eigenvalue weighted by atomic mass is 9.66. The van der Waals surface area contributed by atoms with Gasteiger partial charge in [-0.2, -0.15) is 0 Å². The minimum absolute atomic E-state index is 0.0943. The first-order valence-corrected chi connectivity index (χ1v) is 12.9. The molecule has 1 aromatic rings. The third-order valence-electron chi connectivity index (χ3n) is 8.70. The molecule has 3 aliphatic rings. The number of aliphatic hydroxyl groups is 1. The van der Waals surface area contributed by atoms with E-state index in [4.69, 9.17) is 28.4 Å². The monoisotopic (exact) mass is 534 g/mol. The molecular formula is C28H38O10. The fourth-order valence-electron chi connectivity index (χ4n) is 6.72. The molecule has 1 saturated heterocycles. The average molecular weight is 535 g/mol. The lowest BCUT2D eigenvalue weighted by molar-refractivity contribution is -0.184. The number of carbonyl (C=O) groups excluding carboxylic acids is 3. The van der Waals surface area contributed by atoms with Crippen molar-refractivity contribution in [3.63, 3.8) is 0 Å². The average Bonchev–Trinajstić information content (AvgIpc) is 3.44. The second kappa shape index (κ2) is 9.72. The molecule has 10 heteroatoms. The Labute approximate surface area is 222 Å². The van der Waals surface area contributed by atoms with Gasteiger partial charge in [0, 0.05) is 32.6 Å². The van der Waals surface area contributed by atoms with Gasteiger partial charge in [-0.3, -0.25) is 9.59 Å². The van der Waals surface area contributed by atoms with E-state index in [1.54, 1.807) is 12.1 Å². The van der Waals surface area contributed by atoms with Crippen molar-refractivity contribution in [2.24, 2.45) is 17.3 Å². The molecule has 0 radical (unpaired) electrons. The predicted molar refractivity (Wildman–Crippen MR) is 134 cm³/mol. The van der Waals surface area contributed by atoms with Crippen LogP contribution in [-0.2, 0) is 28.5 Å². The molecule has 38 heavy (non-hydrogen) atoms. The molecule has 2 aliphatic carbocycles. The lowest BCUT2D eigenvalue weighted by Gasteiger charge is -2.46. The first-order chi connectivity index (χ1) is 17.7. The molecule has 2 saturated carbocycles. The second-order valence-electron chi connectivity index (χ2n) is 11.4. The minimum atomic E-state index is -1.40. The summed E-state index contributed by atoms with van der Waals surface area (Å²) in [6.07, 6.45) is -2.65. The van der Waals surface area contributed by atoms with E-state index in [1.165, 1.54) is 34.1 Å². The van der Waals surface area contributed by atoms with Gasteiger partial charge in [-0.1, -0.05) is 20.8 Å². The van der Waals surface area contributed by atoms with Crippen molar-refractivity contribution in [1.29, 1.82) is 0 Å². The zero-order valence-corrected chi connectivity index (χ0v) is 23.2. The van der Waals surface area contributed by atoms with Crippen molar-refractivity contribution in [2.75, 3.05) is 14.2 Å². The molecule has 10 nitrogen and oxygen atoms in total. The van der Waals surface area contributed by atoms with Crippen molar-refractivity contribution in [1.82, 2.24) is 0 Å². The number of benzene rings is 1. The molecule has 3 fully saturated rings. The fraction of sp³-hybridized carbons (Fsp3) is 0.679. The van der Waals surface area contributed by atoms with Crippen LogP contribution in [0.15, 0.2) is 18.2 Å². The largest absolute Gasteiger partial charge is 0.493 e. The van der Waals surface area contributed by atoms with E-state index in [0.717, 1.165) is 0 Å². The van der Waals surface area contributed by atoms with Crippen molar-refractivity contribution in [3.05, 3.63) is 23.8 Å². The van der Waals surface area contributed by atoms with E-state index in [2.05, 4.69) is 0 Å². The van der Waals surface area contributed by atoms with E-state index in [1.807, 2.05) is 27.7 Å². The molecule has 1 heterocycles. The van der Waals surface area contributed by atoms with Crippen molar-refractivity contribution < 1.29 is 47.9 Å². The zero-order valence-electron chi connectivity index (χ0n) is 23.2. The molecular weight excluding hydrogens is 496 g/mol. The summed E-state index contributed by atoms with van der Waals surface area (Å²) in [7, 11) is 2.97. The number of ether oxygens (including phenoxy) is 6. The number of esters is 3. The summed E-state index contributed by atoms with van der Waals surface area (Å²) in [5.74, 6) is -1.85. The van der Waals surface area contributed by atoms with Crippen LogP contribution in [0.4, 0.5) is 0 Å². The van der Waals surface area contributed by atoms with Gasteiger partial charge in [0.05, 0.1) is 36.4 Å². The first kappa shape index (κ1) is 28.2. The Morgan fingerprint density at radius 1 is 0.974 bits per heavy atom. The van der Waals surface area contributed by atoms with Crippen LogP contribution in [0, 0.1) is 17.3 Å². The van der Waals surface area contributed by atoms with Crippen LogP contribution in [0.1, 0.15) is 64.7 Å². The molecule has 1 aliphatic heterocycles. The maximum absolute atomic E-state index is 13.5. The van der Waals surface area contributed by atoms with E-state index < -0.39 is 64.9 Å². The summed E-state index contributed by atoms with van der Waals surface area (Å²) >= 11 is 0. The van der Waals surface area contributed by atoms with Gasteiger partial charge in [0.2, 0.25) is 0 Å². The molecule has 4 rings (SSSR count). The Bertz CT molecular complexity index is 1120. The first-order valence-electron chi connectivity index (χ1n) is 12.9. The number of methoxy groups -OCH3 is 2. The third-order valence-corrected chi connectivity index (χ3v) is 8.70. The van der Waals surface area contributed by atoms with Crippen molar-refractivity contribution >= 4 is 17.9 Å². The maximum atomic E-state index is 13.5. The van der Waals surface area contributed by atoms with Gasteiger partial charge in [-0.25, -0.2) is 4.79 Å². The normalized spacial score (nSPS) is 37.4. The van der Waals surface area contributed by atoms with E-state index in [-0.39, 0.29) is 24.3 Å². The molecule has 0 bridgehead atoms. The number of epoxide rings is 1. The Morgan fingerprint density at radius 3 is 2.16 bits per heavy atom. The van der Waals surface area contributed by atoms with Crippen LogP contribution < -0.4 is 9.47 Å². The summed E-state index contributed by atoms with van der Waals surface area (Å²) in [6, 6.07) is 4.72. The Hall–Kier alpha value is -2.85. The Kier molecular flexibility index (Phi) is 7.20. The van der Waals surface area contributed by atoms with Crippen LogP contribution >= 0.6 is 0 Å². The number of rotatable bonds is 7. The highest BCUT2D eigenvalue weighted by Crippen LogP contribution is 2.65. The smallest absolute Gasteiger partial charge is 0.338 e. The van der Waals surface area contributed by atoms with Crippen LogP contribution in [0.3, 0.4) is 0 Å². The highest BCUT2D eigenvalue weighted by molar-refractivity contribution is 5.90. The quantitative estimate of drug-likeness (QED) is 0.316. The summed E-state index contributed by atoms with van der Waals surface area (Å²) in [5, 5.41) is 12.2. The highest BCUT2D eigenvalue weighted by Gasteiger charge is 2.77. The summed E-state index contributed by atoms with van der Waals surface area (Å²) in [5.41, 5.74) is -3.04. The number of fused-ring (bicyclic) bond motifs is 2. The van der Waals surface area contributed by atoms with Crippen molar-refractivity contribution in [3.8, 4) is 11.5 Å². The van der Waals surface area contributed by atoms with Crippen LogP contribution in [0.5, 0.6) is 11.5 Å². The molecule has 1 N–H and O–H groups in total. The van der Waals surface area contributed by atoms with Gasteiger partial charge >= 0.3 is 17.9 Å². The van der Waals surface area contributed by atoms with Crippen LogP contribution in [0.2, 0.25) is 0 Å². The van der Waals surface area contributed by atoms with Gasteiger partial charge in [0.15, 0.2) is 11.5 Å². The topological polar surface area (TPSA) is 130 Å². The standard InChI is InChI=1S/C28H38O10/c1-14(2)28(32)13-21(35-15(3)29)27(6)22(28)20(12-26(5)23(38-26)24(27)36-16(4)30)37-25(31)17-9-10-18(33-7)19(11-17)34-8/h9-11,14,20-24,32H,12-13H2,1-8H3/t20-,21-,22+,23-,24+,26+,27-,28+/m0/s1. The second-order valence-corrected chi connectivity index (χ2v) is 11.4. The zero-order chi connectivity index (χ0) is 28.2. The summed E-state index contributed by atoms with van der Waals surface area (Å²) < 4.78 is 34.5. The maximum Gasteiger partial charge on any atom is 0.338 e. The molecule has 0 spiro atoms. The third kappa shape index (κ3) is 4.51. The van der Waals surface area contributed by atoms with E-state index >= 15 is 0 Å².